The molecule has 0 unspecified atom stereocenters. The molecule has 0 radical (unpaired) electrons. The molecule has 1 aliphatic rings. The molecule has 0 spiro atoms. The normalized spacial score (nSPS) is 15.3. The number of carboxylic acids is 1. The summed E-state index contributed by atoms with van der Waals surface area (Å²) in [5.74, 6) is -0.942. The van der Waals surface area contributed by atoms with Gasteiger partial charge in [0.05, 0.1) is 0 Å². The van der Waals surface area contributed by atoms with E-state index < -0.39 is 5.97 Å². The maximum atomic E-state index is 11.2. The zero-order valence-corrected chi connectivity index (χ0v) is 11.5. The third-order valence-corrected chi connectivity index (χ3v) is 3.98. The fraction of sp³-hybridized carbons (Fsp3) is 0.118. The molecule has 2 nitrogen and oxygen atoms in total. The highest BCUT2D eigenvalue weighted by Gasteiger charge is 2.20. The van der Waals surface area contributed by atoms with Gasteiger partial charge in [-0.15, -0.1) is 0 Å². The molecule has 0 heterocycles. The van der Waals surface area contributed by atoms with Crippen molar-refractivity contribution in [2.75, 3.05) is 0 Å². The van der Waals surface area contributed by atoms with Crippen LogP contribution in [0.25, 0.3) is 5.57 Å². The minimum atomic E-state index is -0.942. The molecule has 2 aromatic rings. The Morgan fingerprint density at radius 3 is 2.60 bits per heavy atom. The van der Waals surface area contributed by atoms with Crippen molar-refractivity contribution in [3.63, 3.8) is 0 Å². The minimum Gasteiger partial charge on any atom is -0.478 e. The number of aryl methyl sites for hydroxylation is 1. The lowest BCUT2D eigenvalue weighted by Crippen LogP contribution is -1.97. The van der Waals surface area contributed by atoms with Gasteiger partial charge in [0.15, 0.2) is 0 Å². The Balaban J connectivity index is 2.31. The molecule has 0 aliphatic heterocycles. The highest BCUT2D eigenvalue weighted by molar-refractivity contribution is 6.31. The Morgan fingerprint density at radius 1 is 1.05 bits per heavy atom. The van der Waals surface area contributed by atoms with Crippen LogP contribution < -0.4 is 0 Å². The first-order valence-corrected chi connectivity index (χ1v) is 6.85. The number of carbonyl (C=O) groups is 1. The van der Waals surface area contributed by atoms with E-state index in [9.17, 15) is 4.79 Å². The predicted octanol–water partition coefficient (Wildman–Crippen LogP) is 3.95. The maximum Gasteiger partial charge on any atom is 0.328 e. The van der Waals surface area contributed by atoms with E-state index in [4.69, 9.17) is 16.7 Å². The zero-order valence-electron chi connectivity index (χ0n) is 10.8. The first-order chi connectivity index (χ1) is 9.66. The molecule has 3 rings (SSSR count). The zero-order chi connectivity index (χ0) is 14.1. The molecule has 2 aromatic carbocycles. The first-order valence-electron chi connectivity index (χ1n) is 6.47. The maximum absolute atomic E-state index is 11.2. The second kappa shape index (κ2) is 5.14. The second-order valence-electron chi connectivity index (χ2n) is 4.82. The summed E-state index contributed by atoms with van der Waals surface area (Å²) in [5, 5.41) is 9.87. The van der Waals surface area contributed by atoms with Gasteiger partial charge in [-0.2, -0.15) is 0 Å². The van der Waals surface area contributed by atoms with Gasteiger partial charge in [-0.05, 0) is 46.7 Å². The van der Waals surface area contributed by atoms with Crippen molar-refractivity contribution in [2.24, 2.45) is 0 Å². The summed E-state index contributed by atoms with van der Waals surface area (Å²) >= 11 is 6.28. The fourth-order valence-corrected chi connectivity index (χ4v) is 3.02. The van der Waals surface area contributed by atoms with E-state index in [1.54, 1.807) is 0 Å². The van der Waals surface area contributed by atoms with E-state index in [1.165, 1.54) is 6.08 Å². The molecule has 100 valence electrons. The van der Waals surface area contributed by atoms with Crippen LogP contribution in [0, 0.1) is 0 Å². The highest BCUT2D eigenvalue weighted by Crippen LogP contribution is 2.36. The van der Waals surface area contributed by atoms with Gasteiger partial charge in [-0.1, -0.05) is 48.0 Å². The smallest absolute Gasteiger partial charge is 0.328 e. The summed E-state index contributed by atoms with van der Waals surface area (Å²) in [4.78, 5) is 11.2. The number of rotatable bonds is 1. The molecule has 1 aliphatic carbocycles. The number of hydrogen-bond acceptors (Lipinski definition) is 1. The van der Waals surface area contributed by atoms with Gasteiger partial charge in [-0.3, -0.25) is 0 Å². The van der Waals surface area contributed by atoms with Crippen molar-refractivity contribution in [1.82, 2.24) is 0 Å². The van der Waals surface area contributed by atoms with Crippen molar-refractivity contribution in [3.8, 4) is 0 Å². The Bertz CT molecular complexity index is 717. The van der Waals surface area contributed by atoms with E-state index in [0.29, 0.717) is 5.02 Å². The Labute approximate surface area is 122 Å². The average molecular weight is 285 g/mol. The molecule has 0 saturated heterocycles. The summed E-state index contributed by atoms with van der Waals surface area (Å²) < 4.78 is 0. The third-order valence-electron chi connectivity index (χ3n) is 3.63. The third kappa shape index (κ3) is 2.23. The van der Waals surface area contributed by atoms with Gasteiger partial charge in [0.25, 0.3) is 0 Å². The van der Waals surface area contributed by atoms with Gasteiger partial charge in [0.1, 0.15) is 0 Å². The summed E-state index contributed by atoms with van der Waals surface area (Å²) in [6.07, 6.45) is 2.96. The molecule has 0 aromatic heterocycles. The molecular formula is C17H13ClO2. The van der Waals surface area contributed by atoms with Crippen molar-refractivity contribution >= 4 is 23.1 Å². The van der Waals surface area contributed by atoms with Gasteiger partial charge in [0, 0.05) is 11.1 Å². The number of benzene rings is 2. The number of aliphatic carboxylic acids is 1. The minimum absolute atomic E-state index is 0.701. The van der Waals surface area contributed by atoms with Crippen LogP contribution in [0.1, 0.15) is 22.3 Å². The number of carboxylic acid groups (broad SMARTS) is 1. The van der Waals surface area contributed by atoms with E-state index in [1.807, 2.05) is 42.5 Å². The van der Waals surface area contributed by atoms with Gasteiger partial charge < -0.3 is 5.11 Å². The van der Waals surface area contributed by atoms with Crippen molar-refractivity contribution in [3.05, 3.63) is 75.8 Å². The molecule has 1 N–H and O–H groups in total. The summed E-state index contributed by atoms with van der Waals surface area (Å²) in [5.41, 5.74) is 4.83. The lowest BCUT2D eigenvalue weighted by atomic mass is 9.94. The van der Waals surface area contributed by atoms with Gasteiger partial charge in [-0.25, -0.2) is 4.79 Å². The van der Waals surface area contributed by atoms with Crippen LogP contribution in [0.2, 0.25) is 5.02 Å². The van der Waals surface area contributed by atoms with Crippen LogP contribution in [-0.4, -0.2) is 11.1 Å². The number of hydrogen-bond donors (Lipinski definition) is 1. The van der Waals surface area contributed by atoms with E-state index in [0.717, 1.165) is 40.7 Å². The Morgan fingerprint density at radius 2 is 1.80 bits per heavy atom. The molecule has 3 heteroatoms. The largest absolute Gasteiger partial charge is 0.478 e. The second-order valence-corrected chi connectivity index (χ2v) is 5.23. The van der Waals surface area contributed by atoms with Crippen molar-refractivity contribution < 1.29 is 9.90 Å². The van der Waals surface area contributed by atoms with Crippen LogP contribution in [-0.2, 0) is 17.6 Å². The molecule has 0 bridgehead atoms. The first kappa shape index (κ1) is 12.9. The van der Waals surface area contributed by atoms with Gasteiger partial charge >= 0.3 is 5.97 Å². The van der Waals surface area contributed by atoms with Crippen LogP contribution in [0.5, 0.6) is 0 Å². The molecule has 0 amide bonds. The van der Waals surface area contributed by atoms with Crippen LogP contribution in [0.3, 0.4) is 0 Å². The average Bonchev–Trinajstić information content (AvgIpc) is 2.58. The van der Waals surface area contributed by atoms with E-state index in [2.05, 4.69) is 0 Å². The van der Waals surface area contributed by atoms with Gasteiger partial charge in [0.2, 0.25) is 0 Å². The van der Waals surface area contributed by atoms with Crippen LogP contribution >= 0.6 is 11.6 Å². The number of fused-ring (bicyclic) bond motifs is 2. The molecule has 20 heavy (non-hydrogen) atoms. The lowest BCUT2D eigenvalue weighted by molar-refractivity contribution is -0.131. The van der Waals surface area contributed by atoms with E-state index in [-0.39, 0.29) is 0 Å². The monoisotopic (exact) mass is 284 g/mol. The molecule has 0 fully saturated rings. The predicted molar refractivity (Wildman–Crippen MR) is 80.0 cm³/mol. The van der Waals surface area contributed by atoms with E-state index >= 15 is 0 Å². The highest BCUT2D eigenvalue weighted by atomic mass is 35.5. The summed E-state index contributed by atoms with van der Waals surface area (Å²) in [7, 11) is 0. The standard InChI is InChI=1S/C17H13ClO2/c18-16-7-3-6-13-14(16)9-8-11-4-1-2-5-12(11)15(13)10-17(19)20/h1-7,10H,8-9H2,(H,19,20)/b15-10-. The summed E-state index contributed by atoms with van der Waals surface area (Å²) in [6, 6.07) is 13.6. The van der Waals surface area contributed by atoms with Crippen molar-refractivity contribution in [2.45, 2.75) is 12.8 Å². The lowest BCUT2D eigenvalue weighted by Gasteiger charge is -2.11. The summed E-state index contributed by atoms with van der Waals surface area (Å²) in [6.45, 7) is 0. The topological polar surface area (TPSA) is 37.3 Å². The molecule has 0 saturated carbocycles. The quantitative estimate of drug-likeness (QED) is 0.805. The van der Waals surface area contributed by atoms with Crippen molar-refractivity contribution in [1.29, 1.82) is 0 Å². The SMILES string of the molecule is O=C(O)/C=C1/c2ccccc2CCc2c(Cl)cccc21. The fourth-order valence-electron chi connectivity index (χ4n) is 2.75. The van der Waals surface area contributed by atoms with Crippen LogP contribution in [0.4, 0.5) is 0 Å². The Kier molecular flexibility index (Phi) is 3.33. The molecular weight excluding hydrogens is 272 g/mol. The van der Waals surface area contributed by atoms with Crippen LogP contribution in [0.15, 0.2) is 48.5 Å². The Hall–Kier alpha value is -2.06. The number of halogens is 1. The molecule has 0 atom stereocenters.